The highest BCUT2D eigenvalue weighted by molar-refractivity contribution is 5.88. The van der Waals surface area contributed by atoms with Gasteiger partial charge in [-0.05, 0) is 43.9 Å². The van der Waals surface area contributed by atoms with Crippen molar-refractivity contribution in [1.29, 1.82) is 0 Å². The van der Waals surface area contributed by atoms with E-state index in [4.69, 9.17) is 4.74 Å². The van der Waals surface area contributed by atoms with Gasteiger partial charge in [-0.1, -0.05) is 30.3 Å². The van der Waals surface area contributed by atoms with Crippen LogP contribution in [0.5, 0.6) is 5.75 Å². The number of hydrogen-bond acceptors (Lipinski definition) is 6. The van der Waals surface area contributed by atoms with E-state index in [1.165, 1.54) is 4.90 Å². The second-order valence-electron chi connectivity index (χ2n) is 8.65. The van der Waals surface area contributed by atoms with Gasteiger partial charge < -0.3 is 19.6 Å². The number of fused-ring (bicyclic) bond motifs is 1. The average Bonchev–Trinajstić information content (AvgIpc) is 3.29. The molecule has 0 aliphatic heterocycles. The fourth-order valence-electron chi connectivity index (χ4n) is 4.02. The summed E-state index contributed by atoms with van der Waals surface area (Å²) in [4.78, 5) is 25.5. The maximum Gasteiger partial charge on any atom is 0.257 e. The minimum atomic E-state index is -1.32. The van der Waals surface area contributed by atoms with E-state index in [-0.39, 0.29) is 5.91 Å². The number of allylic oxidation sites excluding steroid dienone is 1. The first-order chi connectivity index (χ1) is 16.4. The van der Waals surface area contributed by atoms with Crippen LogP contribution in [0.4, 0.5) is 0 Å². The molecule has 1 unspecified atom stereocenters. The standard InChI is InChI=1S/C27H30N4O3/c1-30(2)14-15-31(3)27(33)26(32)24-10-7-9-22(29-24)18-16-21-19(12-13-23(21)28-17-18)20-8-5-6-11-25(20)34-4/h5-12,16-17,26,32H,13-15H2,1-4H3. The van der Waals surface area contributed by atoms with Crippen molar-refractivity contribution in [2.75, 3.05) is 41.3 Å². The van der Waals surface area contributed by atoms with Gasteiger partial charge >= 0.3 is 0 Å². The van der Waals surface area contributed by atoms with Gasteiger partial charge in [-0.2, -0.15) is 0 Å². The molecule has 0 fully saturated rings. The molecule has 2 heterocycles. The smallest absolute Gasteiger partial charge is 0.257 e. The Kier molecular flexibility index (Phi) is 7.05. The number of rotatable bonds is 8. The van der Waals surface area contributed by atoms with Crippen LogP contribution in [0.1, 0.15) is 28.6 Å². The van der Waals surface area contributed by atoms with E-state index in [0.29, 0.717) is 24.5 Å². The Morgan fingerprint density at radius 3 is 2.65 bits per heavy atom. The van der Waals surface area contributed by atoms with Crippen molar-refractivity contribution in [1.82, 2.24) is 19.8 Å². The minimum absolute atomic E-state index is 0.320. The molecule has 176 valence electrons. The Labute approximate surface area is 200 Å². The quantitative estimate of drug-likeness (QED) is 0.559. The Hall–Kier alpha value is -3.55. The number of ether oxygens (including phenoxy) is 1. The van der Waals surface area contributed by atoms with Gasteiger partial charge in [-0.3, -0.25) is 9.78 Å². The third-order valence-corrected chi connectivity index (χ3v) is 6.00. The van der Waals surface area contributed by atoms with Gasteiger partial charge in [0.25, 0.3) is 5.91 Å². The Balaban J connectivity index is 1.61. The summed E-state index contributed by atoms with van der Waals surface area (Å²) in [6, 6.07) is 15.3. The Bertz CT molecular complexity index is 1220. The lowest BCUT2D eigenvalue weighted by Gasteiger charge is -2.22. The highest BCUT2D eigenvalue weighted by atomic mass is 16.5. The number of carbonyl (C=O) groups is 1. The number of amides is 1. The lowest BCUT2D eigenvalue weighted by atomic mass is 9.98. The fraction of sp³-hybridized carbons (Fsp3) is 0.296. The monoisotopic (exact) mass is 458 g/mol. The van der Waals surface area contributed by atoms with Gasteiger partial charge in [0, 0.05) is 49.4 Å². The van der Waals surface area contributed by atoms with Crippen molar-refractivity contribution in [3.05, 3.63) is 83.3 Å². The molecule has 0 saturated heterocycles. The van der Waals surface area contributed by atoms with Gasteiger partial charge in [0.1, 0.15) is 5.75 Å². The van der Waals surface area contributed by atoms with Crippen LogP contribution in [0.25, 0.3) is 16.8 Å². The topological polar surface area (TPSA) is 78.8 Å². The van der Waals surface area contributed by atoms with Gasteiger partial charge in [0.05, 0.1) is 24.2 Å². The molecular weight excluding hydrogens is 428 g/mol. The molecule has 2 aromatic heterocycles. The van der Waals surface area contributed by atoms with E-state index in [1.807, 2.05) is 49.3 Å². The molecule has 0 saturated carbocycles. The molecule has 1 N–H and O–H groups in total. The first-order valence-electron chi connectivity index (χ1n) is 11.3. The number of aliphatic hydroxyl groups is 1. The normalized spacial score (nSPS) is 13.4. The van der Waals surface area contributed by atoms with Crippen LogP contribution < -0.4 is 4.74 Å². The number of hydrogen-bond donors (Lipinski definition) is 1. The van der Waals surface area contributed by atoms with E-state index in [2.05, 4.69) is 22.1 Å². The minimum Gasteiger partial charge on any atom is -0.496 e. The van der Waals surface area contributed by atoms with Crippen LogP contribution in [-0.4, -0.2) is 72.1 Å². The van der Waals surface area contributed by atoms with Crippen molar-refractivity contribution < 1.29 is 14.6 Å². The zero-order chi connectivity index (χ0) is 24.2. The van der Waals surface area contributed by atoms with Gasteiger partial charge in [-0.25, -0.2) is 4.98 Å². The first-order valence-corrected chi connectivity index (χ1v) is 11.3. The Morgan fingerprint density at radius 2 is 1.88 bits per heavy atom. The van der Waals surface area contributed by atoms with E-state index in [9.17, 15) is 9.90 Å². The summed E-state index contributed by atoms with van der Waals surface area (Å²) in [6.45, 7) is 1.24. The van der Waals surface area contributed by atoms with Crippen LogP contribution in [0.3, 0.4) is 0 Å². The van der Waals surface area contributed by atoms with Crippen LogP contribution in [-0.2, 0) is 11.2 Å². The third-order valence-electron chi connectivity index (χ3n) is 6.00. The zero-order valence-corrected chi connectivity index (χ0v) is 20.0. The van der Waals surface area contributed by atoms with Crippen molar-refractivity contribution in [2.24, 2.45) is 0 Å². The first kappa shape index (κ1) is 23.6. The Morgan fingerprint density at radius 1 is 1.09 bits per heavy atom. The van der Waals surface area contributed by atoms with E-state index >= 15 is 0 Å². The molecular formula is C27H30N4O3. The van der Waals surface area contributed by atoms with E-state index in [0.717, 1.165) is 40.1 Å². The number of methoxy groups -OCH3 is 1. The summed E-state index contributed by atoms with van der Waals surface area (Å²) >= 11 is 0. The summed E-state index contributed by atoms with van der Waals surface area (Å²) in [6.07, 6.45) is 3.39. The zero-order valence-electron chi connectivity index (χ0n) is 20.0. The molecule has 3 aromatic rings. The van der Waals surface area contributed by atoms with Gasteiger partial charge in [0.15, 0.2) is 6.10 Å². The predicted molar refractivity (Wildman–Crippen MR) is 132 cm³/mol. The molecule has 0 radical (unpaired) electrons. The highest BCUT2D eigenvalue weighted by Gasteiger charge is 2.24. The summed E-state index contributed by atoms with van der Waals surface area (Å²) in [5.41, 5.74) is 5.93. The number of aromatic nitrogens is 2. The van der Waals surface area contributed by atoms with Crippen LogP contribution >= 0.6 is 0 Å². The molecule has 1 aliphatic rings. The van der Waals surface area contributed by atoms with E-state index < -0.39 is 6.10 Å². The summed E-state index contributed by atoms with van der Waals surface area (Å²) in [5.74, 6) is 0.437. The SMILES string of the molecule is COc1ccccc1C1=CCc2ncc(-c3cccc(C(O)C(=O)N(C)CCN(C)C)n3)cc21. The summed E-state index contributed by atoms with van der Waals surface area (Å²) < 4.78 is 5.56. The van der Waals surface area contributed by atoms with Gasteiger partial charge in [-0.15, -0.1) is 0 Å². The molecule has 0 spiro atoms. The summed E-state index contributed by atoms with van der Waals surface area (Å²) in [5, 5.41) is 10.7. The molecule has 1 atom stereocenters. The second-order valence-corrected chi connectivity index (χ2v) is 8.65. The van der Waals surface area contributed by atoms with Crippen LogP contribution in [0.2, 0.25) is 0 Å². The molecule has 7 heteroatoms. The number of benzene rings is 1. The van der Waals surface area contributed by atoms with E-state index in [1.54, 1.807) is 32.5 Å². The maximum absolute atomic E-state index is 12.7. The fourth-order valence-corrected chi connectivity index (χ4v) is 4.02. The molecule has 34 heavy (non-hydrogen) atoms. The number of carbonyl (C=O) groups excluding carboxylic acids is 1. The largest absolute Gasteiger partial charge is 0.496 e. The number of likely N-dealkylation sites (N-methyl/N-ethyl adjacent to an activating group) is 2. The van der Waals surface area contributed by atoms with Crippen LogP contribution in [0, 0.1) is 0 Å². The van der Waals surface area contributed by atoms with Crippen molar-refractivity contribution in [3.63, 3.8) is 0 Å². The van der Waals surface area contributed by atoms with Crippen LogP contribution in [0.15, 0.2) is 60.8 Å². The predicted octanol–water partition coefficient (Wildman–Crippen LogP) is 3.19. The third kappa shape index (κ3) is 4.85. The van der Waals surface area contributed by atoms with Crippen molar-refractivity contribution >= 4 is 11.5 Å². The number of pyridine rings is 2. The average molecular weight is 459 g/mol. The molecule has 7 nitrogen and oxygen atoms in total. The molecule has 0 bridgehead atoms. The number of aliphatic hydroxyl groups excluding tert-OH is 1. The van der Waals surface area contributed by atoms with Crippen molar-refractivity contribution in [3.8, 4) is 17.0 Å². The van der Waals surface area contributed by atoms with Gasteiger partial charge in [0.2, 0.25) is 0 Å². The number of para-hydroxylation sites is 1. The molecule has 4 rings (SSSR count). The maximum atomic E-state index is 12.7. The lowest BCUT2D eigenvalue weighted by molar-refractivity contribution is -0.139. The molecule has 1 amide bonds. The molecule has 1 aliphatic carbocycles. The second kappa shape index (κ2) is 10.2. The highest BCUT2D eigenvalue weighted by Crippen LogP contribution is 2.37. The summed E-state index contributed by atoms with van der Waals surface area (Å²) in [7, 11) is 7.25. The van der Waals surface area contributed by atoms with Crippen molar-refractivity contribution in [2.45, 2.75) is 12.5 Å². The lowest BCUT2D eigenvalue weighted by Crippen LogP contribution is -2.36. The molecule has 1 aromatic carbocycles. The number of nitrogens with zero attached hydrogens (tertiary/aromatic N) is 4.